The molecule has 1 aliphatic carbocycles. The molecule has 5 heteroatoms. The van der Waals surface area contributed by atoms with Crippen molar-refractivity contribution < 1.29 is 14.7 Å². The van der Waals surface area contributed by atoms with Crippen LogP contribution in [-0.4, -0.2) is 47.6 Å². The number of hydrogen-bond acceptors (Lipinski definition) is 3. The molecule has 1 aliphatic rings. The van der Waals surface area contributed by atoms with Crippen LogP contribution in [0.5, 0.6) is 0 Å². The summed E-state index contributed by atoms with van der Waals surface area (Å²) in [6.07, 6.45) is 2.18. The first-order valence-electron chi connectivity index (χ1n) is 10.2. The van der Waals surface area contributed by atoms with E-state index in [9.17, 15) is 14.7 Å². The minimum absolute atomic E-state index is 0.0574. The highest BCUT2D eigenvalue weighted by molar-refractivity contribution is 5.94. The van der Waals surface area contributed by atoms with Gasteiger partial charge in [0, 0.05) is 31.5 Å². The Labute approximate surface area is 172 Å². The fourth-order valence-electron chi connectivity index (χ4n) is 4.40. The van der Waals surface area contributed by atoms with Crippen molar-refractivity contribution in [1.82, 2.24) is 10.2 Å². The molecule has 0 spiro atoms. The number of amides is 2. The Balaban J connectivity index is 1.83. The number of aliphatic hydroxyl groups excluding tert-OH is 1. The Bertz CT molecular complexity index is 825. The molecule has 3 atom stereocenters. The van der Waals surface area contributed by atoms with E-state index in [4.69, 9.17) is 0 Å². The van der Waals surface area contributed by atoms with Gasteiger partial charge in [-0.1, -0.05) is 48.5 Å². The number of nitrogens with zero attached hydrogens (tertiary/aromatic N) is 1. The van der Waals surface area contributed by atoms with Crippen molar-refractivity contribution in [2.75, 3.05) is 13.6 Å². The molecule has 1 saturated carbocycles. The van der Waals surface area contributed by atoms with Gasteiger partial charge in [-0.15, -0.1) is 0 Å². The van der Waals surface area contributed by atoms with E-state index in [-0.39, 0.29) is 23.3 Å². The molecule has 0 aromatic heterocycles. The van der Waals surface area contributed by atoms with E-state index in [1.807, 2.05) is 36.4 Å². The van der Waals surface area contributed by atoms with E-state index in [1.54, 1.807) is 24.1 Å². The van der Waals surface area contributed by atoms with Crippen LogP contribution in [0.2, 0.25) is 0 Å². The predicted molar refractivity (Wildman–Crippen MR) is 114 cm³/mol. The van der Waals surface area contributed by atoms with Crippen molar-refractivity contribution in [3.63, 3.8) is 0 Å². The zero-order chi connectivity index (χ0) is 20.9. The van der Waals surface area contributed by atoms with Crippen molar-refractivity contribution in [3.05, 3.63) is 71.8 Å². The quantitative estimate of drug-likeness (QED) is 0.766. The van der Waals surface area contributed by atoms with E-state index in [0.29, 0.717) is 24.9 Å². The Hall–Kier alpha value is -2.66. The summed E-state index contributed by atoms with van der Waals surface area (Å²) < 4.78 is 0. The summed E-state index contributed by atoms with van der Waals surface area (Å²) in [6, 6.07) is 19.1. The number of benzene rings is 2. The highest BCUT2D eigenvalue weighted by Crippen LogP contribution is 2.39. The molecular formula is C24H30N2O3. The summed E-state index contributed by atoms with van der Waals surface area (Å²) >= 11 is 0. The number of likely N-dealkylation sites (N-methyl/N-ethyl adjacent to an activating group) is 1. The topological polar surface area (TPSA) is 69.6 Å². The Morgan fingerprint density at radius 3 is 2.24 bits per heavy atom. The number of nitrogens with one attached hydrogen (secondary N) is 1. The normalized spacial score (nSPS) is 24.4. The monoisotopic (exact) mass is 394 g/mol. The van der Waals surface area contributed by atoms with Gasteiger partial charge in [-0.3, -0.25) is 9.59 Å². The summed E-state index contributed by atoms with van der Waals surface area (Å²) in [4.78, 5) is 26.2. The number of aliphatic hydroxyl groups is 1. The molecule has 2 amide bonds. The van der Waals surface area contributed by atoms with Crippen molar-refractivity contribution in [3.8, 4) is 0 Å². The van der Waals surface area contributed by atoms with Crippen LogP contribution in [-0.2, 0) is 10.2 Å². The van der Waals surface area contributed by atoms with Gasteiger partial charge in [-0.25, -0.2) is 0 Å². The maximum atomic E-state index is 12.9. The van der Waals surface area contributed by atoms with Gasteiger partial charge < -0.3 is 15.3 Å². The molecule has 29 heavy (non-hydrogen) atoms. The maximum absolute atomic E-state index is 12.9. The van der Waals surface area contributed by atoms with Crippen molar-refractivity contribution in [2.45, 2.75) is 50.2 Å². The molecule has 5 nitrogen and oxygen atoms in total. The second-order valence-electron chi connectivity index (χ2n) is 8.05. The van der Waals surface area contributed by atoms with E-state index < -0.39 is 6.10 Å². The highest BCUT2D eigenvalue weighted by atomic mass is 16.3. The van der Waals surface area contributed by atoms with Gasteiger partial charge in [0.2, 0.25) is 5.91 Å². The Morgan fingerprint density at radius 1 is 1.03 bits per heavy atom. The second kappa shape index (κ2) is 9.23. The summed E-state index contributed by atoms with van der Waals surface area (Å²) in [5.41, 5.74) is 1.54. The average Bonchev–Trinajstić information content (AvgIpc) is 2.92. The van der Waals surface area contributed by atoms with Crippen molar-refractivity contribution in [1.29, 1.82) is 0 Å². The fourth-order valence-corrected chi connectivity index (χ4v) is 4.40. The molecule has 154 valence electrons. The third-order valence-electron chi connectivity index (χ3n) is 6.18. The first-order chi connectivity index (χ1) is 13.9. The molecular weight excluding hydrogens is 364 g/mol. The zero-order valence-electron chi connectivity index (χ0n) is 17.2. The zero-order valence-corrected chi connectivity index (χ0v) is 17.2. The van der Waals surface area contributed by atoms with E-state index in [2.05, 4.69) is 17.4 Å². The van der Waals surface area contributed by atoms with Crippen molar-refractivity contribution >= 4 is 11.8 Å². The SMILES string of the molecule is CC(=O)NC[C@]1(c2ccccc2)CC[C@@H](O)[C@H](N(C)C(=O)c2ccccc2)CC1. The smallest absolute Gasteiger partial charge is 0.253 e. The standard InChI is InChI=1S/C24H30N2O3/c1-18(27)25-17-24(20-11-7-4-8-12-20)15-13-21(22(28)14-16-24)26(2)23(29)19-9-5-3-6-10-19/h3-12,21-22,28H,13-17H2,1-2H3,(H,25,27)/t21-,22-,24-/m1/s1. The Kier molecular flexibility index (Phi) is 6.70. The fraction of sp³-hybridized carbons (Fsp3) is 0.417. The van der Waals surface area contributed by atoms with Gasteiger partial charge in [0.25, 0.3) is 5.91 Å². The molecule has 2 N–H and O–H groups in total. The van der Waals surface area contributed by atoms with Gasteiger partial charge in [0.15, 0.2) is 0 Å². The largest absolute Gasteiger partial charge is 0.391 e. The molecule has 0 bridgehead atoms. The van der Waals surface area contributed by atoms with Crippen LogP contribution in [0.15, 0.2) is 60.7 Å². The van der Waals surface area contributed by atoms with Crippen LogP contribution in [0.4, 0.5) is 0 Å². The lowest BCUT2D eigenvalue weighted by atomic mass is 9.74. The lowest BCUT2D eigenvalue weighted by Gasteiger charge is -2.34. The van der Waals surface area contributed by atoms with Gasteiger partial charge >= 0.3 is 0 Å². The summed E-state index contributed by atoms with van der Waals surface area (Å²) in [7, 11) is 1.77. The number of carbonyl (C=O) groups is 2. The van der Waals surface area contributed by atoms with Crippen LogP contribution >= 0.6 is 0 Å². The minimum Gasteiger partial charge on any atom is -0.391 e. The summed E-state index contributed by atoms with van der Waals surface area (Å²) in [5.74, 6) is -0.137. The van der Waals surface area contributed by atoms with Gasteiger partial charge in [0.1, 0.15) is 0 Å². The van der Waals surface area contributed by atoms with Crippen LogP contribution in [0.3, 0.4) is 0 Å². The molecule has 1 fully saturated rings. The first kappa shape index (κ1) is 21.1. The molecule has 3 rings (SSSR count). The molecule has 2 aromatic carbocycles. The van der Waals surface area contributed by atoms with Gasteiger partial charge in [0.05, 0.1) is 12.1 Å². The summed E-state index contributed by atoms with van der Waals surface area (Å²) in [5, 5.41) is 13.9. The second-order valence-corrected chi connectivity index (χ2v) is 8.05. The lowest BCUT2D eigenvalue weighted by molar-refractivity contribution is -0.119. The maximum Gasteiger partial charge on any atom is 0.253 e. The predicted octanol–water partition coefficient (Wildman–Crippen LogP) is 3.14. The summed E-state index contributed by atoms with van der Waals surface area (Å²) in [6.45, 7) is 2.06. The number of rotatable bonds is 5. The number of hydrogen-bond donors (Lipinski definition) is 2. The van der Waals surface area contributed by atoms with Crippen molar-refractivity contribution in [2.24, 2.45) is 0 Å². The molecule has 0 unspecified atom stereocenters. The third-order valence-corrected chi connectivity index (χ3v) is 6.18. The van der Waals surface area contributed by atoms with E-state index in [0.717, 1.165) is 12.8 Å². The van der Waals surface area contributed by atoms with E-state index >= 15 is 0 Å². The molecule has 0 radical (unpaired) electrons. The molecule has 2 aromatic rings. The molecule has 0 aliphatic heterocycles. The van der Waals surface area contributed by atoms with Crippen LogP contribution < -0.4 is 5.32 Å². The van der Waals surface area contributed by atoms with E-state index in [1.165, 1.54) is 12.5 Å². The van der Waals surface area contributed by atoms with Crippen LogP contribution in [0.1, 0.15) is 48.5 Å². The Morgan fingerprint density at radius 2 is 1.62 bits per heavy atom. The van der Waals surface area contributed by atoms with Gasteiger partial charge in [-0.2, -0.15) is 0 Å². The average molecular weight is 395 g/mol. The lowest BCUT2D eigenvalue weighted by Crippen LogP contribution is -2.44. The van der Waals surface area contributed by atoms with Gasteiger partial charge in [-0.05, 0) is 43.4 Å². The van der Waals surface area contributed by atoms with Crippen LogP contribution in [0, 0.1) is 0 Å². The first-order valence-corrected chi connectivity index (χ1v) is 10.2. The number of carbonyl (C=O) groups excluding carboxylic acids is 2. The molecule has 0 saturated heterocycles. The third kappa shape index (κ3) is 4.85. The van der Waals surface area contributed by atoms with Crippen LogP contribution in [0.25, 0.3) is 0 Å². The molecule has 0 heterocycles. The minimum atomic E-state index is -0.601. The highest BCUT2D eigenvalue weighted by Gasteiger charge is 2.40.